The van der Waals surface area contributed by atoms with Gasteiger partial charge in [0.15, 0.2) is 0 Å². The Bertz CT molecular complexity index is 455. The van der Waals surface area contributed by atoms with Gasteiger partial charge in [-0.1, -0.05) is 13.8 Å². The number of carbonyl (C=O) groups excluding carboxylic acids is 1. The molecule has 0 spiro atoms. The van der Waals surface area contributed by atoms with Crippen LogP contribution in [0.3, 0.4) is 0 Å². The lowest BCUT2D eigenvalue weighted by Gasteiger charge is -2.27. The molecule has 1 saturated heterocycles. The van der Waals surface area contributed by atoms with Crippen LogP contribution >= 0.6 is 0 Å². The summed E-state index contributed by atoms with van der Waals surface area (Å²) in [5, 5.41) is 0. The smallest absolute Gasteiger partial charge is 0.272 e. The van der Waals surface area contributed by atoms with Crippen LogP contribution in [-0.4, -0.2) is 60.2 Å². The quantitative estimate of drug-likeness (QED) is 0.796. The van der Waals surface area contributed by atoms with Crippen LogP contribution in [0.15, 0.2) is 12.3 Å². The predicted octanol–water partition coefficient (Wildman–Crippen LogP) is 1.58. The third-order valence-electron chi connectivity index (χ3n) is 3.43. The first-order valence-electron chi connectivity index (χ1n) is 7.71. The van der Waals surface area contributed by atoms with E-state index < -0.39 is 0 Å². The summed E-state index contributed by atoms with van der Waals surface area (Å²) in [5.41, 5.74) is 0.471. The van der Waals surface area contributed by atoms with Crippen LogP contribution in [0.5, 0.6) is 0 Å². The molecule has 0 radical (unpaired) electrons. The molecule has 2 heterocycles. The van der Waals surface area contributed by atoms with Gasteiger partial charge in [-0.3, -0.25) is 4.79 Å². The van der Waals surface area contributed by atoms with Gasteiger partial charge in [-0.2, -0.15) is 0 Å². The molecule has 1 aliphatic rings. The molecule has 0 aliphatic carbocycles. The van der Waals surface area contributed by atoms with Gasteiger partial charge in [0.2, 0.25) is 5.95 Å². The molecular formula is C15H24N4O2. The Hall–Kier alpha value is -1.69. The van der Waals surface area contributed by atoms with Crippen LogP contribution in [0.1, 0.15) is 37.2 Å². The second-order valence-corrected chi connectivity index (χ2v) is 5.13. The average molecular weight is 292 g/mol. The molecule has 6 heteroatoms. The number of aromatic nitrogens is 2. The molecule has 21 heavy (non-hydrogen) atoms. The van der Waals surface area contributed by atoms with Gasteiger partial charge < -0.3 is 14.5 Å². The van der Waals surface area contributed by atoms with Crippen molar-refractivity contribution in [3.05, 3.63) is 18.0 Å². The Kier molecular flexibility index (Phi) is 5.92. The zero-order chi connectivity index (χ0) is 15.1. The number of amides is 1. The summed E-state index contributed by atoms with van der Waals surface area (Å²) in [4.78, 5) is 25.2. The third kappa shape index (κ3) is 4.14. The van der Waals surface area contributed by atoms with Crippen molar-refractivity contribution in [2.45, 2.75) is 26.7 Å². The number of rotatable bonds is 6. The highest BCUT2D eigenvalue weighted by atomic mass is 16.5. The lowest BCUT2D eigenvalue weighted by Crippen LogP contribution is -2.41. The number of carbonyl (C=O) groups is 1. The fraction of sp³-hybridized carbons (Fsp3) is 0.667. The molecule has 0 N–H and O–H groups in total. The van der Waals surface area contributed by atoms with E-state index >= 15 is 0 Å². The first kappa shape index (κ1) is 15.7. The molecule has 0 aromatic carbocycles. The lowest BCUT2D eigenvalue weighted by atomic mass is 10.3. The van der Waals surface area contributed by atoms with E-state index in [1.165, 1.54) is 0 Å². The first-order chi connectivity index (χ1) is 10.3. The fourth-order valence-electron chi connectivity index (χ4n) is 2.40. The van der Waals surface area contributed by atoms with Crippen LogP contribution in [-0.2, 0) is 4.74 Å². The van der Waals surface area contributed by atoms with Crippen molar-refractivity contribution < 1.29 is 9.53 Å². The molecule has 0 saturated carbocycles. The van der Waals surface area contributed by atoms with E-state index in [4.69, 9.17) is 4.74 Å². The molecule has 116 valence electrons. The largest absolute Gasteiger partial charge is 0.378 e. The molecular weight excluding hydrogens is 268 g/mol. The number of morpholine rings is 1. The van der Waals surface area contributed by atoms with E-state index in [2.05, 4.69) is 28.7 Å². The summed E-state index contributed by atoms with van der Waals surface area (Å²) in [6.07, 6.45) is 3.74. The van der Waals surface area contributed by atoms with Gasteiger partial charge in [-0.15, -0.1) is 0 Å². The molecule has 1 fully saturated rings. The van der Waals surface area contributed by atoms with Crippen molar-refractivity contribution in [2.24, 2.45) is 0 Å². The summed E-state index contributed by atoms with van der Waals surface area (Å²) in [6, 6.07) is 1.69. The molecule has 0 bridgehead atoms. The second kappa shape index (κ2) is 7.93. The van der Waals surface area contributed by atoms with Gasteiger partial charge in [0.1, 0.15) is 5.69 Å². The van der Waals surface area contributed by atoms with Crippen molar-refractivity contribution in [2.75, 3.05) is 44.3 Å². The van der Waals surface area contributed by atoms with Gasteiger partial charge in [0, 0.05) is 32.4 Å². The third-order valence-corrected chi connectivity index (χ3v) is 3.43. The topological polar surface area (TPSA) is 58.6 Å². The second-order valence-electron chi connectivity index (χ2n) is 5.13. The summed E-state index contributed by atoms with van der Waals surface area (Å²) >= 11 is 0. The SMILES string of the molecule is CCCN(CCC)c1nccc(C(=O)N2CCOCC2)n1. The number of anilines is 1. The molecule has 1 aromatic heterocycles. The van der Waals surface area contributed by atoms with Crippen LogP contribution in [0.4, 0.5) is 5.95 Å². The van der Waals surface area contributed by atoms with Gasteiger partial charge in [0.05, 0.1) is 13.2 Å². The lowest BCUT2D eigenvalue weighted by molar-refractivity contribution is 0.0299. The Labute approximate surface area is 126 Å². The van der Waals surface area contributed by atoms with E-state index in [1.54, 1.807) is 17.2 Å². The Morgan fingerprint density at radius 1 is 1.29 bits per heavy atom. The predicted molar refractivity (Wildman–Crippen MR) is 81.5 cm³/mol. The molecule has 0 unspecified atom stereocenters. The summed E-state index contributed by atoms with van der Waals surface area (Å²) < 4.78 is 5.28. The fourth-order valence-corrected chi connectivity index (χ4v) is 2.40. The van der Waals surface area contributed by atoms with Crippen molar-refractivity contribution >= 4 is 11.9 Å². The van der Waals surface area contributed by atoms with Gasteiger partial charge >= 0.3 is 0 Å². The van der Waals surface area contributed by atoms with E-state index in [1.807, 2.05) is 0 Å². The zero-order valence-corrected chi connectivity index (χ0v) is 12.9. The molecule has 1 aliphatic heterocycles. The number of hydrogen-bond donors (Lipinski definition) is 0. The van der Waals surface area contributed by atoms with E-state index in [-0.39, 0.29) is 5.91 Å². The van der Waals surface area contributed by atoms with Gasteiger partial charge in [-0.05, 0) is 18.9 Å². The van der Waals surface area contributed by atoms with Gasteiger partial charge in [0.25, 0.3) is 5.91 Å². The van der Waals surface area contributed by atoms with Crippen LogP contribution in [0.25, 0.3) is 0 Å². The summed E-state index contributed by atoms with van der Waals surface area (Å²) in [5.74, 6) is 0.618. The maximum atomic E-state index is 12.5. The van der Waals surface area contributed by atoms with Crippen LogP contribution in [0.2, 0.25) is 0 Å². The maximum absolute atomic E-state index is 12.5. The monoisotopic (exact) mass is 292 g/mol. The maximum Gasteiger partial charge on any atom is 0.272 e. The standard InChI is InChI=1S/C15H24N4O2/c1-3-7-19(8-4-2)15-16-6-5-13(17-15)14(20)18-9-11-21-12-10-18/h5-6H,3-4,7-12H2,1-2H3. The average Bonchev–Trinajstić information content (AvgIpc) is 2.55. The van der Waals surface area contributed by atoms with Crippen molar-refractivity contribution in [3.8, 4) is 0 Å². The minimum absolute atomic E-state index is 0.0325. The highest BCUT2D eigenvalue weighted by molar-refractivity contribution is 5.92. The molecule has 2 rings (SSSR count). The number of hydrogen-bond acceptors (Lipinski definition) is 5. The summed E-state index contributed by atoms with van der Waals surface area (Å²) in [7, 11) is 0. The van der Waals surface area contributed by atoms with E-state index in [9.17, 15) is 4.79 Å². The highest BCUT2D eigenvalue weighted by Crippen LogP contribution is 2.11. The molecule has 1 amide bonds. The minimum atomic E-state index is -0.0325. The van der Waals surface area contributed by atoms with Crippen molar-refractivity contribution in [1.29, 1.82) is 0 Å². The van der Waals surface area contributed by atoms with E-state index in [0.717, 1.165) is 25.9 Å². The Morgan fingerprint density at radius 2 is 1.95 bits per heavy atom. The minimum Gasteiger partial charge on any atom is -0.378 e. The number of ether oxygens (including phenoxy) is 1. The van der Waals surface area contributed by atoms with Crippen molar-refractivity contribution in [1.82, 2.24) is 14.9 Å². The van der Waals surface area contributed by atoms with Crippen LogP contribution in [0, 0.1) is 0 Å². The Balaban J connectivity index is 2.13. The normalized spacial score (nSPS) is 15.0. The van der Waals surface area contributed by atoms with Gasteiger partial charge in [-0.25, -0.2) is 9.97 Å². The van der Waals surface area contributed by atoms with E-state index in [0.29, 0.717) is 37.9 Å². The molecule has 0 atom stereocenters. The first-order valence-corrected chi connectivity index (χ1v) is 7.71. The zero-order valence-electron chi connectivity index (χ0n) is 12.9. The molecule has 1 aromatic rings. The number of nitrogens with zero attached hydrogens (tertiary/aromatic N) is 4. The van der Waals surface area contributed by atoms with Crippen LogP contribution < -0.4 is 4.90 Å². The Morgan fingerprint density at radius 3 is 2.57 bits per heavy atom. The summed E-state index contributed by atoms with van der Waals surface area (Å²) in [6.45, 7) is 8.53. The van der Waals surface area contributed by atoms with Crippen molar-refractivity contribution in [3.63, 3.8) is 0 Å². The molecule has 6 nitrogen and oxygen atoms in total. The highest BCUT2D eigenvalue weighted by Gasteiger charge is 2.20.